The average Bonchev–Trinajstić information content (AvgIpc) is 1.91. The number of hydrogen-bond acceptors (Lipinski definition) is 1. The van der Waals surface area contributed by atoms with Crippen LogP contribution in [-0.2, 0) is 0 Å². The van der Waals surface area contributed by atoms with Gasteiger partial charge in [0.1, 0.15) is 0 Å². The maximum absolute atomic E-state index is 3.09. The van der Waals surface area contributed by atoms with Gasteiger partial charge in [-0.25, -0.2) is 0 Å². The lowest BCUT2D eigenvalue weighted by Gasteiger charge is -2.03. The standard InChI is InChI=1S/C7H10IN/c8-9-6-7-4-2-1-3-5-7/h2,4-5,9H,1,3,6H2. The first kappa shape index (κ1) is 7.28. The lowest BCUT2D eigenvalue weighted by Crippen LogP contribution is -2.02. The van der Waals surface area contributed by atoms with Gasteiger partial charge in [0, 0.05) is 29.4 Å². The van der Waals surface area contributed by atoms with E-state index in [0.717, 1.165) is 6.54 Å². The van der Waals surface area contributed by atoms with Crippen LogP contribution >= 0.6 is 22.9 Å². The van der Waals surface area contributed by atoms with Crippen LogP contribution in [0, 0.1) is 0 Å². The highest BCUT2D eigenvalue weighted by Crippen LogP contribution is 2.08. The Kier molecular flexibility index (Phi) is 3.28. The smallest absolute Gasteiger partial charge is 0.0298 e. The summed E-state index contributed by atoms with van der Waals surface area (Å²) in [6.45, 7) is 0.997. The summed E-state index contributed by atoms with van der Waals surface area (Å²) in [6, 6.07) is 0. The van der Waals surface area contributed by atoms with E-state index in [2.05, 4.69) is 44.6 Å². The van der Waals surface area contributed by atoms with Gasteiger partial charge in [0.05, 0.1) is 0 Å². The summed E-state index contributed by atoms with van der Waals surface area (Å²) >= 11 is 2.17. The van der Waals surface area contributed by atoms with Crippen molar-refractivity contribution in [2.75, 3.05) is 6.54 Å². The topological polar surface area (TPSA) is 12.0 Å². The molecule has 0 saturated heterocycles. The zero-order valence-electron chi connectivity index (χ0n) is 5.23. The zero-order valence-corrected chi connectivity index (χ0v) is 7.39. The molecule has 1 aliphatic carbocycles. The lowest BCUT2D eigenvalue weighted by atomic mass is 10.1. The summed E-state index contributed by atoms with van der Waals surface area (Å²) in [5.41, 5.74) is 1.41. The average molecular weight is 235 g/mol. The minimum atomic E-state index is 0.997. The first-order chi connectivity index (χ1) is 4.43. The molecular weight excluding hydrogens is 225 g/mol. The molecule has 0 radical (unpaired) electrons. The van der Waals surface area contributed by atoms with E-state index in [0.29, 0.717) is 0 Å². The number of nitrogens with one attached hydrogen (secondary N) is 1. The third kappa shape index (κ3) is 2.49. The molecule has 9 heavy (non-hydrogen) atoms. The predicted molar refractivity (Wildman–Crippen MR) is 48.5 cm³/mol. The highest BCUT2D eigenvalue weighted by Gasteiger charge is 1.93. The van der Waals surface area contributed by atoms with Crippen LogP contribution < -0.4 is 3.53 Å². The predicted octanol–water partition coefficient (Wildman–Crippen LogP) is 2.20. The van der Waals surface area contributed by atoms with Crippen LogP contribution in [0.4, 0.5) is 0 Å². The fourth-order valence-electron chi connectivity index (χ4n) is 0.876. The maximum atomic E-state index is 3.09. The summed E-state index contributed by atoms with van der Waals surface area (Å²) in [6.07, 6.45) is 9.12. The highest BCUT2D eigenvalue weighted by molar-refractivity contribution is 14.1. The molecule has 2 heteroatoms. The molecular formula is C7H10IN. The van der Waals surface area contributed by atoms with Gasteiger partial charge in [-0.3, -0.25) is 3.53 Å². The molecule has 0 bridgehead atoms. The third-order valence-corrected chi connectivity index (χ3v) is 1.72. The van der Waals surface area contributed by atoms with Crippen LogP contribution in [0.5, 0.6) is 0 Å². The van der Waals surface area contributed by atoms with Crippen LogP contribution in [0.1, 0.15) is 12.8 Å². The summed E-state index contributed by atoms with van der Waals surface area (Å²) in [5, 5.41) is 0. The van der Waals surface area contributed by atoms with Gasteiger partial charge in [-0.1, -0.05) is 18.2 Å². The zero-order chi connectivity index (χ0) is 6.53. The molecule has 0 spiro atoms. The fourth-order valence-corrected chi connectivity index (χ4v) is 1.32. The van der Waals surface area contributed by atoms with Crippen LogP contribution in [0.25, 0.3) is 0 Å². The van der Waals surface area contributed by atoms with Crippen LogP contribution in [0.2, 0.25) is 0 Å². The minimum absolute atomic E-state index is 0.997. The molecule has 1 nitrogen and oxygen atoms in total. The van der Waals surface area contributed by atoms with Crippen molar-refractivity contribution in [1.29, 1.82) is 0 Å². The molecule has 0 aliphatic heterocycles. The van der Waals surface area contributed by atoms with Crippen molar-refractivity contribution in [2.45, 2.75) is 12.8 Å². The molecule has 0 aromatic rings. The Hall–Kier alpha value is 0.170. The van der Waals surface area contributed by atoms with Crippen LogP contribution in [0.15, 0.2) is 23.8 Å². The molecule has 0 aromatic carbocycles. The minimum Gasteiger partial charge on any atom is -0.257 e. The first-order valence-corrected chi connectivity index (χ1v) is 4.20. The Bertz CT molecular complexity index is 138. The number of allylic oxidation sites excluding steroid dienone is 2. The summed E-state index contributed by atoms with van der Waals surface area (Å²) < 4.78 is 3.09. The molecule has 0 saturated carbocycles. The molecule has 0 aromatic heterocycles. The van der Waals surface area contributed by atoms with E-state index in [1.807, 2.05) is 0 Å². The molecule has 1 aliphatic rings. The molecule has 50 valence electrons. The molecule has 0 atom stereocenters. The van der Waals surface area contributed by atoms with Gasteiger partial charge in [-0.15, -0.1) is 0 Å². The normalized spacial score (nSPS) is 17.7. The third-order valence-electron chi connectivity index (χ3n) is 1.34. The molecule has 0 heterocycles. The lowest BCUT2D eigenvalue weighted by molar-refractivity contribution is 0.985. The Morgan fingerprint density at radius 2 is 2.44 bits per heavy atom. The molecule has 0 fully saturated rings. The second-order valence-electron chi connectivity index (χ2n) is 2.07. The molecule has 1 N–H and O–H groups in total. The number of hydrogen-bond donors (Lipinski definition) is 1. The SMILES string of the molecule is INCC1=CCCC=C1. The Balaban J connectivity index is 2.38. The van der Waals surface area contributed by atoms with E-state index < -0.39 is 0 Å². The quantitative estimate of drug-likeness (QED) is 0.571. The van der Waals surface area contributed by atoms with Gasteiger partial charge in [0.2, 0.25) is 0 Å². The fraction of sp³-hybridized carbons (Fsp3) is 0.429. The Labute approximate surface area is 69.7 Å². The van der Waals surface area contributed by atoms with Crippen molar-refractivity contribution in [3.63, 3.8) is 0 Å². The van der Waals surface area contributed by atoms with Crippen molar-refractivity contribution in [1.82, 2.24) is 3.53 Å². The van der Waals surface area contributed by atoms with E-state index in [9.17, 15) is 0 Å². The van der Waals surface area contributed by atoms with Crippen molar-refractivity contribution < 1.29 is 0 Å². The van der Waals surface area contributed by atoms with Gasteiger partial charge < -0.3 is 0 Å². The van der Waals surface area contributed by atoms with Crippen LogP contribution in [-0.4, -0.2) is 6.54 Å². The summed E-state index contributed by atoms with van der Waals surface area (Å²) in [4.78, 5) is 0. The summed E-state index contributed by atoms with van der Waals surface area (Å²) in [7, 11) is 0. The summed E-state index contributed by atoms with van der Waals surface area (Å²) in [5.74, 6) is 0. The van der Waals surface area contributed by atoms with Gasteiger partial charge >= 0.3 is 0 Å². The largest absolute Gasteiger partial charge is 0.257 e. The molecule has 1 rings (SSSR count). The first-order valence-electron chi connectivity index (χ1n) is 3.12. The second kappa shape index (κ2) is 4.06. The van der Waals surface area contributed by atoms with Gasteiger partial charge in [0.25, 0.3) is 0 Å². The van der Waals surface area contributed by atoms with Gasteiger partial charge in [-0.2, -0.15) is 0 Å². The Morgan fingerprint density at radius 3 is 3.00 bits per heavy atom. The molecule has 0 amide bonds. The Morgan fingerprint density at radius 1 is 1.56 bits per heavy atom. The van der Waals surface area contributed by atoms with Crippen LogP contribution in [0.3, 0.4) is 0 Å². The van der Waals surface area contributed by atoms with Crippen molar-refractivity contribution in [3.05, 3.63) is 23.8 Å². The van der Waals surface area contributed by atoms with Crippen molar-refractivity contribution in [3.8, 4) is 0 Å². The highest BCUT2D eigenvalue weighted by atomic mass is 127. The maximum Gasteiger partial charge on any atom is 0.0298 e. The van der Waals surface area contributed by atoms with Crippen molar-refractivity contribution >= 4 is 22.9 Å². The monoisotopic (exact) mass is 235 g/mol. The van der Waals surface area contributed by atoms with E-state index in [1.54, 1.807) is 0 Å². The van der Waals surface area contributed by atoms with Gasteiger partial charge in [-0.05, 0) is 18.4 Å². The van der Waals surface area contributed by atoms with E-state index in [-0.39, 0.29) is 0 Å². The molecule has 0 unspecified atom stereocenters. The van der Waals surface area contributed by atoms with E-state index in [1.165, 1.54) is 18.4 Å². The van der Waals surface area contributed by atoms with E-state index >= 15 is 0 Å². The second-order valence-corrected chi connectivity index (χ2v) is 2.83. The number of rotatable bonds is 2. The number of halogens is 1. The van der Waals surface area contributed by atoms with E-state index in [4.69, 9.17) is 0 Å². The van der Waals surface area contributed by atoms with Gasteiger partial charge in [0.15, 0.2) is 0 Å². The van der Waals surface area contributed by atoms with Crippen molar-refractivity contribution in [2.24, 2.45) is 0 Å².